The fourth-order valence-electron chi connectivity index (χ4n) is 1.94. The molecule has 0 radical (unpaired) electrons. The molecule has 3 rings (SSSR count). The molecule has 0 fully saturated rings. The van der Waals surface area contributed by atoms with Gasteiger partial charge in [0.15, 0.2) is 0 Å². The molecule has 0 unspecified atom stereocenters. The predicted molar refractivity (Wildman–Crippen MR) is 89.3 cm³/mol. The highest BCUT2D eigenvalue weighted by Gasteiger charge is 2.16. The van der Waals surface area contributed by atoms with Gasteiger partial charge in [0.25, 0.3) is 5.91 Å². The molecule has 0 aliphatic heterocycles. The number of anilines is 1. The summed E-state index contributed by atoms with van der Waals surface area (Å²) in [7, 11) is 0. The molecule has 2 aromatic heterocycles. The van der Waals surface area contributed by atoms with E-state index < -0.39 is 0 Å². The second kappa shape index (κ2) is 5.79. The van der Waals surface area contributed by atoms with Gasteiger partial charge in [-0.15, -0.1) is 11.3 Å². The summed E-state index contributed by atoms with van der Waals surface area (Å²) in [6, 6.07) is 9.79. The molecule has 2 heterocycles. The number of nitrogens with zero attached hydrogens (tertiary/aromatic N) is 1. The Hall–Kier alpha value is -1.98. The van der Waals surface area contributed by atoms with Crippen molar-refractivity contribution in [3.05, 3.63) is 57.2 Å². The predicted octanol–water partition coefficient (Wildman–Crippen LogP) is 4.74. The normalized spacial score (nSPS) is 10.6. The second-order valence-corrected chi connectivity index (χ2v) is 6.54. The van der Waals surface area contributed by atoms with Crippen LogP contribution in [0, 0.1) is 13.8 Å². The number of carbonyl (C=O) groups is 1. The van der Waals surface area contributed by atoms with Crippen LogP contribution in [0.5, 0.6) is 0 Å². The molecule has 0 atom stereocenters. The Morgan fingerprint density at radius 1 is 1.14 bits per heavy atom. The standard InChI is InChI=1S/C16H14N2OS2/c1-10-3-5-13(6-4-10)18-15(19)14-11(2)17-16(21-14)12-7-8-20-9-12/h3-9H,1-2H3,(H,18,19). The smallest absolute Gasteiger partial charge is 0.267 e. The van der Waals surface area contributed by atoms with Gasteiger partial charge in [-0.3, -0.25) is 4.79 Å². The minimum Gasteiger partial charge on any atom is -0.321 e. The minimum absolute atomic E-state index is 0.102. The van der Waals surface area contributed by atoms with Crippen LogP contribution in [0.15, 0.2) is 41.1 Å². The van der Waals surface area contributed by atoms with Crippen molar-refractivity contribution >= 4 is 34.3 Å². The Bertz CT molecular complexity index is 758. The van der Waals surface area contributed by atoms with Crippen LogP contribution in [0.4, 0.5) is 5.69 Å². The quantitative estimate of drug-likeness (QED) is 0.758. The Kier molecular flexibility index (Phi) is 3.86. The summed E-state index contributed by atoms with van der Waals surface area (Å²) in [5, 5.41) is 7.86. The molecule has 0 bridgehead atoms. The first-order valence-electron chi connectivity index (χ1n) is 6.51. The lowest BCUT2D eigenvalue weighted by Gasteiger charge is -2.04. The van der Waals surface area contributed by atoms with Crippen LogP contribution < -0.4 is 5.32 Å². The molecule has 0 aliphatic rings. The maximum absolute atomic E-state index is 12.4. The van der Waals surface area contributed by atoms with Crippen molar-refractivity contribution in [2.24, 2.45) is 0 Å². The number of aromatic nitrogens is 1. The lowest BCUT2D eigenvalue weighted by molar-refractivity contribution is 0.103. The van der Waals surface area contributed by atoms with Gasteiger partial charge >= 0.3 is 0 Å². The van der Waals surface area contributed by atoms with E-state index in [0.29, 0.717) is 4.88 Å². The topological polar surface area (TPSA) is 42.0 Å². The zero-order valence-electron chi connectivity index (χ0n) is 11.7. The lowest BCUT2D eigenvalue weighted by Crippen LogP contribution is -2.11. The summed E-state index contributed by atoms with van der Waals surface area (Å²) in [5.74, 6) is -0.102. The number of carbonyl (C=O) groups excluding carboxylic acids is 1. The highest BCUT2D eigenvalue weighted by atomic mass is 32.1. The summed E-state index contributed by atoms with van der Waals surface area (Å²) in [4.78, 5) is 17.5. The van der Waals surface area contributed by atoms with Crippen molar-refractivity contribution in [1.29, 1.82) is 0 Å². The molecule has 1 N–H and O–H groups in total. The third-order valence-corrected chi connectivity index (χ3v) is 4.97. The molecular weight excluding hydrogens is 300 g/mol. The highest BCUT2D eigenvalue weighted by Crippen LogP contribution is 2.29. The van der Waals surface area contributed by atoms with E-state index in [2.05, 4.69) is 10.3 Å². The van der Waals surface area contributed by atoms with Gasteiger partial charge in [-0.25, -0.2) is 4.98 Å². The van der Waals surface area contributed by atoms with E-state index in [9.17, 15) is 4.79 Å². The van der Waals surface area contributed by atoms with Gasteiger partial charge in [0.05, 0.1) is 5.69 Å². The minimum atomic E-state index is -0.102. The third-order valence-electron chi connectivity index (χ3n) is 3.08. The van der Waals surface area contributed by atoms with E-state index in [1.54, 1.807) is 11.3 Å². The average molecular weight is 314 g/mol. The van der Waals surface area contributed by atoms with Gasteiger partial charge in [-0.05, 0) is 37.4 Å². The van der Waals surface area contributed by atoms with Gasteiger partial charge in [-0.1, -0.05) is 17.7 Å². The van der Waals surface area contributed by atoms with Crippen molar-refractivity contribution in [3.8, 4) is 10.6 Å². The highest BCUT2D eigenvalue weighted by molar-refractivity contribution is 7.17. The Balaban J connectivity index is 1.83. The maximum Gasteiger partial charge on any atom is 0.267 e. The van der Waals surface area contributed by atoms with Crippen LogP contribution >= 0.6 is 22.7 Å². The number of thiazole rings is 1. The monoisotopic (exact) mass is 314 g/mol. The summed E-state index contributed by atoms with van der Waals surface area (Å²) in [5.41, 5.74) is 3.81. The largest absolute Gasteiger partial charge is 0.321 e. The third kappa shape index (κ3) is 3.04. The molecule has 1 aromatic carbocycles. The summed E-state index contributed by atoms with van der Waals surface area (Å²) in [6.07, 6.45) is 0. The number of thiophene rings is 1. The molecule has 3 aromatic rings. The Morgan fingerprint density at radius 2 is 1.90 bits per heavy atom. The lowest BCUT2D eigenvalue weighted by atomic mass is 10.2. The van der Waals surface area contributed by atoms with Gasteiger partial charge < -0.3 is 5.32 Å². The summed E-state index contributed by atoms with van der Waals surface area (Å²) < 4.78 is 0. The summed E-state index contributed by atoms with van der Waals surface area (Å²) >= 11 is 3.06. The molecule has 21 heavy (non-hydrogen) atoms. The van der Waals surface area contributed by atoms with Crippen molar-refractivity contribution in [3.63, 3.8) is 0 Å². The van der Waals surface area contributed by atoms with E-state index in [1.807, 2.05) is 54.9 Å². The molecule has 0 saturated heterocycles. The van der Waals surface area contributed by atoms with Crippen LogP contribution in [-0.4, -0.2) is 10.9 Å². The van der Waals surface area contributed by atoms with Crippen LogP contribution in [0.25, 0.3) is 10.6 Å². The SMILES string of the molecule is Cc1ccc(NC(=O)c2sc(-c3ccsc3)nc2C)cc1. The molecular formula is C16H14N2OS2. The van der Waals surface area contributed by atoms with E-state index >= 15 is 0 Å². The molecule has 5 heteroatoms. The van der Waals surface area contributed by atoms with Gasteiger partial charge in [0.2, 0.25) is 0 Å². The van der Waals surface area contributed by atoms with E-state index in [4.69, 9.17) is 0 Å². The first-order valence-corrected chi connectivity index (χ1v) is 8.27. The zero-order chi connectivity index (χ0) is 14.8. The number of aryl methyl sites for hydroxylation is 2. The van der Waals surface area contributed by atoms with Crippen molar-refractivity contribution in [2.45, 2.75) is 13.8 Å². The molecule has 0 aliphatic carbocycles. The van der Waals surface area contributed by atoms with Gasteiger partial charge in [0.1, 0.15) is 9.88 Å². The van der Waals surface area contributed by atoms with Crippen LogP contribution in [-0.2, 0) is 0 Å². The number of hydrogen-bond donors (Lipinski definition) is 1. The van der Waals surface area contributed by atoms with Gasteiger partial charge in [-0.2, -0.15) is 11.3 Å². The number of amides is 1. The molecule has 0 spiro atoms. The fourth-order valence-corrected chi connectivity index (χ4v) is 3.61. The maximum atomic E-state index is 12.4. The fraction of sp³-hybridized carbons (Fsp3) is 0.125. The van der Waals surface area contributed by atoms with Crippen molar-refractivity contribution in [2.75, 3.05) is 5.32 Å². The first-order chi connectivity index (χ1) is 10.1. The van der Waals surface area contributed by atoms with Crippen LogP contribution in [0.3, 0.4) is 0 Å². The molecule has 0 saturated carbocycles. The average Bonchev–Trinajstić information content (AvgIpc) is 3.10. The summed E-state index contributed by atoms with van der Waals surface area (Å²) in [6.45, 7) is 3.89. The van der Waals surface area contributed by atoms with Crippen molar-refractivity contribution in [1.82, 2.24) is 4.98 Å². The molecule has 1 amide bonds. The van der Waals surface area contributed by atoms with Crippen molar-refractivity contribution < 1.29 is 4.79 Å². The second-order valence-electron chi connectivity index (χ2n) is 4.77. The number of rotatable bonds is 3. The van der Waals surface area contributed by atoms with Gasteiger partial charge in [0, 0.05) is 16.6 Å². The van der Waals surface area contributed by atoms with Crippen LogP contribution in [0.1, 0.15) is 20.9 Å². The number of hydrogen-bond acceptors (Lipinski definition) is 4. The van der Waals surface area contributed by atoms with E-state index in [1.165, 1.54) is 16.9 Å². The number of nitrogens with one attached hydrogen (secondary N) is 1. The Labute approximate surface area is 131 Å². The molecule has 106 valence electrons. The van der Waals surface area contributed by atoms with Crippen LogP contribution in [0.2, 0.25) is 0 Å². The first kappa shape index (κ1) is 14.0. The Morgan fingerprint density at radius 3 is 2.57 bits per heavy atom. The zero-order valence-corrected chi connectivity index (χ0v) is 13.3. The van der Waals surface area contributed by atoms with E-state index in [0.717, 1.165) is 22.0 Å². The van der Waals surface area contributed by atoms with E-state index in [-0.39, 0.29) is 5.91 Å². The molecule has 3 nitrogen and oxygen atoms in total. The number of benzene rings is 1.